The third-order valence-electron chi connectivity index (χ3n) is 2.59. The molecular formula is C12H10BrClN2O2. The zero-order valence-corrected chi connectivity index (χ0v) is 11.9. The first-order valence-corrected chi connectivity index (χ1v) is 6.35. The molecule has 94 valence electrons. The van der Waals surface area contributed by atoms with Crippen molar-refractivity contribution in [3.63, 3.8) is 0 Å². The molecule has 0 unspecified atom stereocenters. The Morgan fingerprint density at radius 3 is 2.61 bits per heavy atom. The van der Waals surface area contributed by atoms with Crippen LogP contribution in [0.2, 0.25) is 5.02 Å². The van der Waals surface area contributed by atoms with E-state index in [9.17, 15) is 4.79 Å². The number of aromatic nitrogens is 2. The SMILES string of the molecule is Cn1c(-c2ccc(Cl)cc2)nc(Br)c1CC(=O)O. The Morgan fingerprint density at radius 1 is 1.44 bits per heavy atom. The molecule has 1 N–H and O–H groups in total. The number of carboxylic acid groups (broad SMARTS) is 1. The fraction of sp³-hybridized carbons (Fsp3) is 0.167. The summed E-state index contributed by atoms with van der Waals surface area (Å²) in [7, 11) is 1.79. The van der Waals surface area contributed by atoms with Crippen molar-refractivity contribution >= 4 is 33.5 Å². The van der Waals surface area contributed by atoms with Crippen LogP contribution in [0.1, 0.15) is 5.69 Å². The summed E-state index contributed by atoms with van der Waals surface area (Å²) in [5.41, 5.74) is 1.52. The van der Waals surface area contributed by atoms with E-state index in [1.54, 1.807) is 23.7 Å². The van der Waals surface area contributed by atoms with Crippen LogP contribution in [0.5, 0.6) is 0 Å². The molecule has 2 aromatic rings. The lowest BCUT2D eigenvalue weighted by Crippen LogP contribution is -2.06. The number of hydrogen-bond donors (Lipinski definition) is 1. The number of carboxylic acids is 1. The summed E-state index contributed by atoms with van der Waals surface area (Å²) in [5.74, 6) is -0.184. The van der Waals surface area contributed by atoms with Crippen molar-refractivity contribution in [2.75, 3.05) is 0 Å². The van der Waals surface area contributed by atoms with Crippen LogP contribution >= 0.6 is 27.5 Å². The zero-order valence-electron chi connectivity index (χ0n) is 9.52. The molecule has 0 bridgehead atoms. The number of carbonyl (C=O) groups is 1. The maximum absolute atomic E-state index is 10.8. The van der Waals surface area contributed by atoms with Crippen LogP contribution in [0.4, 0.5) is 0 Å². The maximum Gasteiger partial charge on any atom is 0.309 e. The fourth-order valence-corrected chi connectivity index (χ4v) is 2.39. The van der Waals surface area contributed by atoms with Gasteiger partial charge in [0.05, 0.1) is 12.1 Å². The number of benzene rings is 1. The number of imidazole rings is 1. The van der Waals surface area contributed by atoms with Crippen LogP contribution in [0, 0.1) is 0 Å². The van der Waals surface area contributed by atoms with E-state index in [2.05, 4.69) is 20.9 Å². The second-order valence-corrected chi connectivity index (χ2v) is 5.00. The number of rotatable bonds is 3. The van der Waals surface area contributed by atoms with Gasteiger partial charge in [-0.2, -0.15) is 0 Å². The van der Waals surface area contributed by atoms with E-state index >= 15 is 0 Å². The van der Waals surface area contributed by atoms with Gasteiger partial charge in [-0.25, -0.2) is 4.98 Å². The zero-order chi connectivity index (χ0) is 13.3. The summed E-state index contributed by atoms with van der Waals surface area (Å²) in [6.45, 7) is 0. The Balaban J connectivity index is 2.46. The highest BCUT2D eigenvalue weighted by atomic mass is 79.9. The molecule has 0 spiro atoms. The maximum atomic E-state index is 10.8. The average Bonchev–Trinajstić information content (AvgIpc) is 2.58. The third kappa shape index (κ3) is 2.57. The summed E-state index contributed by atoms with van der Waals surface area (Å²) in [4.78, 5) is 15.1. The molecule has 4 nitrogen and oxygen atoms in total. The van der Waals surface area contributed by atoms with Crippen molar-refractivity contribution in [1.29, 1.82) is 0 Å². The van der Waals surface area contributed by atoms with Crippen molar-refractivity contribution in [3.8, 4) is 11.4 Å². The summed E-state index contributed by atoms with van der Waals surface area (Å²) in [6.07, 6.45) is -0.0718. The molecule has 0 atom stereocenters. The molecule has 2 rings (SSSR count). The van der Waals surface area contributed by atoms with Gasteiger partial charge in [0.2, 0.25) is 0 Å². The Morgan fingerprint density at radius 2 is 2.06 bits per heavy atom. The van der Waals surface area contributed by atoms with Gasteiger partial charge in [-0.1, -0.05) is 11.6 Å². The van der Waals surface area contributed by atoms with Crippen LogP contribution in [0.25, 0.3) is 11.4 Å². The highest BCUT2D eigenvalue weighted by Gasteiger charge is 2.16. The smallest absolute Gasteiger partial charge is 0.309 e. The van der Waals surface area contributed by atoms with E-state index < -0.39 is 5.97 Å². The van der Waals surface area contributed by atoms with Gasteiger partial charge in [0.1, 0.15) is 10.4 Å². The van der Waals surface area contributed by atoms with Crippen molar-refractivity contribution in [2.45, 2.75) is 6.42 Å². The molecule has 0 fully saturated rings. The lowest BCUT2D eigenvalue weighted by Gasteiger charge is -2.04. The van der Waals surface area contributed by atoms with Crippen molar-refractivity contribution in [2.24, 2.45) is 7.05 Å². The molecule has 6 heteroatoms. The molecular weight excluding hydrogens is 320 g/mol. The highest BCUT2D eigenvalue weighted by molar-refractivity contribution is 9.10. The Bertz CT molecular complexity index is 593. The highest BCUT2D eigenvalue weighted by Crippen LogP contribution is 2.26. The number of aliphatic carboxylic acids is 1. The first kappa shape index (κ1) is 13.1. The van der Waals surface area contributed by atoms with E-state index in [0.717, 1.165) is 5.56 Å². The van der Waals surface area contributed by atoms with Gasteiger partial charge < -0.3 is 9.67 Å². The van der Waals surface area contributed by atoms with Crippen LogP contribution in [0.15, 0.2) is 28.9 Å². The summed E-state index contributed by atoms with van der Waals surface area (Å²) >= 11 is 9.12. The van der Waals surface area contributed by atoms with Gasteiger partial charge in [0.25, 0.3) is 0 Å². The summed E-state index contributed by atoms with van der Waals surface area (Å²) in [6, 6.07) is 7.25. The first-order chi connectivity index (χ1) is 8.49. The topological polar surface area (TPSA) is 55.1 Å². The molecule has 0 amide bonds. The second kappa shape index (κ2) is 5.12. The predicted octanol–water partition coefficient (Wildman–Crippen LogP) is 3.13. The molecule has 0 radical (unpaired) electrons. The van der Waals surface area contributed by atoms with Gasteiger partial charge in [0.15, 0.2) is 0 Å². The van der Waals surface area contributed by atoms with Gasteiger partial charge in [-0.3, -0.25) is 4.79 Å². The van der Waals surface area contributed by atoms with Crippen LogP contribution < -0.4 is 0 Å². The lowest BCUT2D eigenvalue weighted by atomic mass is 10.2. The van der Waals surface area contributed by atoms with E-state index in [1.165, 1.54) is 0 Å². The third-order valence-corrected chi connectivity index (χ3v) is 3.47. The van der Waals surface area contributed by atoms with E-state index in [4.69, 9.17) is 16.7 Å². The number of hydrogen-bond acceptors (Lipinski definition) is 2. The van der Waals surface area contributed by atoms with E-state index in [1.807, 2.05) is 12.1 Å². The molecule has 1 heterocycles. The number of halogens is 2. The summed E-state index contributed by atoms with van der Waals surface area (Å²) in [5, 5.41) is 9.50. The normalized spacial score (nSPS) is 10.6. The number of nitrogens with zero attached hydrogens (tertiary/aromatic N) is 2. The first-order valence-electron chi connectivity index (χ1n) is 5.18. The molecule has 0 saturated carbocycles. The molecule has 1 aromatic carbocycles. The summed E-state index contributed by atoms with van der Waals surface area (Å²) < 4.78 is 2.32. The van der Waals surface area contributed by atoms with Gasteiger partial charge >= 0.3 is 5.97 Å². The van der Waals surface area contributed by atoms with Crippen LogP contribution in [-0.4, -0.2) is 20.6 Å². The largest absolute Gasteiger partial charge is 0.481 e. The minimum Gasteiger partial charge on any atom is -0.481 e. The van der Waals surface area contributed by atoms with Crippen molar-refractivity contribution in [3.05, 3.63) is 39.6 Å². The fourth-order valence-electron chi connectivity index (χ4n) is 1.69. The molecule has 0 aliphatic heterocycles. The minimum atomic E-state index is -0.888. The second-order valence-electron chi connectivity index (χ2n) is 3.81. The Kier molecular flexibility index (Phi) is 3.73. The average molecular weight is 330 g/mol. The molecule has 1 aromatic heterocycles. The van der Waals surface area contributed by atoms with Crippen molar-refractivity contribution in [1.82, 2.24) is 9.55 Å². The molecule has 0 saturated heterocycles. The molecule has 18 heavy (non-hydrogen) atoms. The van der Waals surface area contributed by atoms with E-state index in [-0.39, 0.29) is 6.42 Å². The van der Waals surface area contributed by atoms with Gasteiger partial charge in [0, 0.05) is 17.6 Å². The Labute approximate surface area is 117 Å². The minimum absolute atomic E-state index is 0.0718. The monoisotopic (exact) mass is 328 g/mol. The van der Waals surface area contributed by atoms with Crippen LogP contribution in [0.3, 0.4) is 0 Å². The lowest BCUT2D eigenvalue weighted by molar-refractivity contribution is -0.136. The molecule has 0 aliphatic rings. The quantitative estimate of drug-likeness (QED) is 0.941. The van der Waals surface area contributed by atoms with E-state index in [0.29, 0.717) is 21.1 Å². The predicted molar refractivity (Wildman–Crippen MR) is 72.7 cm³/mol. The Hall–Kier alpha value is -1.33. The van der Waals surface area contributed by atoms with Crippen LogP contribution in [-0.2, 0) is 18.3 Å². The standard InChI is InChI=1S/C12H10BrClN2O2/c1-16-9(6-10(17)18)11(13)15-12(16)7-2-4-8(14)5-3-7/h2-5H,6H2,1H3,(H,17,18). The van der Waals surface area contributed by atoms with Crippen molar-refractivity contribution < 1.29 is 9.90 Å². The van der Waals surface area contributed by atoms with Gasteiger partial charge in [-0.05, 0) is 40.2 Å². The molecule has 0 aliphatic carbocycles. The van der Waals surface area contributed by atoms with Gasteiger partial charge in [-0.15, -0.1) is 0 Å².